The molecule has 0 aliphatic heterocycles. The van der Waals surface area contributed by atoms with Crippen molar-refractivity contribution in [1.29, 1.82) is 0 Å². The smallest absolute Gasteiger partial charge is 0.0453 e. The highest BCUT2D eigenvalue weighted by molar-refractivity contribution is 7.99. The largest absolute Gasteiger partial charge is 0.398 e. The molecule has 1 aromatic rings. The van der Waals surface area contributed by atoms with Crippen LogP contribution in [0.5, 0.6) is 0 Å². The minimum atomic E-state index is 0.760. The van der Waals surface area contributed by atoms with E-state index in [2.05, 4.69) is 13.8 Å². The molecular weight excluding hydrogens is 226 g/mol. The molecule has 0 radical (unpaired) electrons. The molecule has 2 N–H and O–H groups in total. The van der Waals surface area contributed by atoms with Crippen LogP contribution in [-0.2, 0) is 0 Å². The summed E-state index contributed by atoms with van der Waals surface area (Å²) in [7, 11) is 0. The van der Waals surface area contributed by atoms with Crippen molar-refractivity contribution in [2.24, 2.45) is 5.92 Å². The van der Waals surface area contributed by atoms with Crippen molar-refractivity contribution in [2.45, 2.75) is 31.6 Å². The molecule has 15 heavy (non-hydrogen) atoms. The van der Waals surface area contributed by atoms with Crippen LogP contribution < -0.4 is 5.73 Å². The van der Waals surface area contributed by atoms with E-state index < -0.39 is 0 Å². The molecule has 0 bridgehead atoms. The summed E-state index contributed by atoms with van der Waals surface area (Å²) in [4.78, 5) is 1.11. The number of hydrogen-bond donors (Lipinski definition) is 1. The van der Waals surface area contributed by atoms with Crippen LogP contribution in [0.2, 0.25) is 5.02 Å². The summed E-state index contributed by atoms with van der Waals surface area (Å²) in [6.07, 6.45) is 2.45. The molecule has 0 saturated heterocycles. The number of rotatable bonds is 5. The Bertz CT molecular complexity index is 310. The van der Waals surface area contributed by atoms with Crippen LogP contribution in [0.3, 0.4) is 0 Å². The summed E-state index contributed by atoms with van der Waals surface area (Å²) in [5.41, 5.74) is 6.71. The van der Waals surface area contributed by atoms with Crippen molar-refractivity contribution in [2.75, 3.05) is 11.5 Å². The normalized spacial score (nSPS) is 10.9. The summed E-state index contributed by atoms with van der Waals surface area (Å²) < 4.78 is 0. The molecule has 1 aromatic carbocycles. The van der Waals surface area contributed by atoms with Crippen molar-refractivity contribution in [3.63, 3.8) is 0 Å². The summed E-state index contributed by atoms with van der Waals surface area (Å²) in [5, 5.41) is 0.760. The van der Waals surface area contributed by atoms with E-state index in [1.807, 2.05) is 30.0 Å². The third-order valence-corrected chi connectivity index (χ3v) is 4.14. The zero-order chi connectivity index (χ0) is 11.3. The van der Waals surface area contributed by atoms with Crippen molar-refractivity contribution < 1.29 is 0 Å². The van der Waals surface area contributed by atoms with Crippen LogP contribution in [0.15, 0.2) is 23.1 Å². The second-order valence-corrected chi connectivity index (χ2v) is 5.17. The Labute approximate surface area is 101 Å². The van der Waals surface area contributed by atoms with E-state index in [4.69, 9.17) is 17.3 Å². The van der Waals surface area contributed by atoms with Crippen molar-refractivity contribution in [3.8, 4) is 0 Å². The van der Waals surface area contributed by atoms with Gasteiger partial charge in [-0.15, -0.1) is 11.8 Å². The molecule has 0 unspecified atom stereocenters. The zero-order valence-corrected chi connectivity index (χ0v) is 10.9. The third-order valence-electron chi connectivity index (χ3n) is 2.60. The second kappa shape index (κ2) is 6.29. The lowest BCUT2D eigenvalue weighted by atomic mass is 10.1. The Hall–Kier alpha value is -0.340. The molecule has 1 nitrogen and oxygen atoms in total. The van der Waals surface area contributed by atoms with Gasteiger partial charge < -0.3 is 5.73 Å². The van der Waals surface area contributed by atoms with Gasteiger partial charge in [0.2, 0.25) is 0 Å². The van der Waals surface area contributed by atoms with Gasteiger partial charge in [-0.05, 0) is 24.1 Å². The SMILES string of the molecule is CCC(CC)CSc1cc(Cl)ccc1N. The lowest BCUT2D eigenvalue weighted by Gasteiger charge is -2.12. The number of anilines is 1. The molecule has 0 amide bonds. The summed E-state index contributed by atoms with van der Waals surface area (Å²) in [6.45, 7) is 4.46. The lowest BCUT2D eigenvalue weighted by Crippen LogP contribution is -2.00. The number of nitrogens with two attached hydrogens (primary N) is 1. The zero-order valence-electron chi connectivity index (χ0n) is 9.29. The number of halogens is 1. The van der Waals surface area contributed by atoms with E-state index in [1.165, 1.54) is 12.8 Å². The Morgan fingerprint density at radius 1 is 1.33 bits per heavy atom. The molecule has 0 fully saturated rings. The number of hydrogen-bond acceptors (Lipinski definition) is 2. The van der Waals surface area contributed by atoms with Gasteiger partial charge in [0, 0.05) is 21.4 Å². The van der Waals surface area contributed by atoms with Crippen LogP contribution in [0.4, 0.5) is 5.69 Å². The van der Waals surface area contributed by atoms with Gasteiger partial charge in [-0.1, -0.05) is 38.3 Å². The standard InChI is InChI=1S/C12H18ClNS/c1-3-9(4-2)8-15-12-7-10(13)5-6-11(12)14/h5-7,9H,3-4,8,14H2,1-2H3. The highest BCUT2D eigenvalue weighted by atomic mass is 35.5. The Kier molecular flexibility index (Phi) is 5.34. The van der Waals surface area contributed by atoms with Crippen molar-refractivity contribution >= 4 is 29.1 Å². The first kappa shape index (κ1) is 12.7. The molecular formula is C12H18ClNS. The maximum absolute atomic E-state index is 5.93. The predicted molar refractivity (Wildman–Crippen MR) is 70.7 cm³/mol. The van der Waals surface area contributed by atoms with Gasteiger partial charge in [0.05, 0.1) is 0 Å². The van der Waals surface area contributed by atoms with E-state index >= 15 is 0 Å². The van der Waals surface area contributed by atoms with Crippen LogP contribution in [0, 0.1) is 5.92 Å². The fourth-order valence-electron chi connectivity index (χ4n) is 1.37. The summed E-state index contributed by atoms with van der Waals surface area (Å²) in [6, 6.07) is 5.65. The maximum Gasteiger partial charge on any atom is 0.0453 e. The monoisotopic (exact) mass is 243 g/mol. The van der Waals surface area contributed by atoms with E-state index in [9.17, 15) is 0 Å². The Morgan fingerprint density at radius 3 is 2.60 bits per heavy atom. The molecule has 0 heterocycles. The minimum absolute atomic E-state index is 0.760. The van der Waals surface area contributed by atoms with E-state index in [0.717, 1.165) is 27.3 Å². The molecule has 0 atom stereocenters. The van der Waals surface area contributed by atoms with E-state index in [-0.39, 0.29) is 0 Å². The van der Waals surface area contributed by atoms with Gasteiger partial charge in [-0.2, -0.15) is 0 Å². The molecule has 3 heteroatoms. The van der Waals surface area contributed by atoms with Gasteiger partial charge >= 0.3 is 0 Å². The Balaban J connectivity index is 2.60. The fourth-order valence-corrected chi connectivity index (χ4v) is 2.93. The molecule has 0 spiro atoms. The van der Waals surface area contributed by atoms with Crippen molar-refractivity contribution in [3.05, 3.63) is 23.2 Å². The van der Waals surface area contributed by atoms with Gasteiger partial charge in [0.15, 0.2) is 0 Å². The average Bonchev–Trinajstić information content (AvgIpc) is 2.24. The fraction of sp³-hybridized carbons (Fsp3) is 0.500. The molecule has 84 valence electrons. The third kappa shape index (κ3) is 3.96. The quantitative estimate of drug-likeness (QED) is 0.611. The van der Waals surface area contributed by atoms with E-state index in [0.29, 0.717) is 0 Å². The van der Waals surface area contributed by atoms with Gasteiger partial charge in [-0.25, -0.2) is 0 Å². The molecule has 1 rings (SSSR count). The molecule has 0 aromatic heterocycles. The second-order valence-electron chi connectivity index (χ2n) is 3.68. The van der Waals surface area contributed by atoms with Crippen molar-refractivity contribution in [1.82, 2.24) is 0 Å². The Morgan fingerprint density at radius 2 is 2.00 bits per heavy atom. The summed E-state index contributed by atoms with van der Waals surface area (Å²) >= 11 is 7.74. The van der Waals surface area contributed by atoms with Gasteiger partial charge in [0.1, 0.15) is 0 Å². The number of nitrogen functional groups attached to an aromatic ring is 1. The molecule has 0 saturated carbocycles. The first-order chi connectivity index (χ1) is 7.17. The first-order valence-corrected chi connectivity index (χ1v) is 6.71. The minimum Gasteiger partial charge on any atom is -0.398 e. The van der Waals surface area contributed by atoms with Gasteiger partial charge in [-0.3, -0.25) is 0 Å². The van der Waals surface area contributed by atoms with E-state index in [1.54, 1.807) is 0 Å². The highest BCUT2D eigenvalue weighted by Crippen LogP contribution is 2.30. The average molecular weight is 244 g/mol. The highest BCUT2D eigenvalue weighted by Gasteiger charge is 2.06. The lowest BCUT2D eigenvalue weighted by molar-refractivity contribution is 0.554. The summed E-state index contributed by atoms with van der Waals surface area (Å²) in [5.74, 6) is 1.89. The first-order valence-electron chi connectivity index (χ1n) is 5.35. The topological polar surface area (TPSA) is 26.0 Å². The van der Waals surface area contributed by atoms with Crippen LogP contribution in [0.1, 0.15) is 26.7 Å². The number of benzene rings is 1. The molecule has 0 aliphatic carbocycles. The van der Waals surface area contributed by atoms with Crippen LogP contribution >= 0.6 is 23.4 Å². The maximum atomic E-state index is 5.93. The molecule has 0 aliphatic rings. The number of thioether (sulfide) groups is 1. The predicted octanol–water partition coefficient (Wildman–Crippen LogP) is 4.45. The van der Waals surface area contributed by atoms with Crippen LogP contribution in [0.25, 0.3) is 0 Å². The van der Waals surface area contributed by atoms with Gasteiger partial charge in [0.25, 0.3) is 0 Å². The van der Waals surface area contributed by atoms with Crippen LogP contribution in [-0.4, -0.2) is 5.75 Å².